The van der Waals surface area contributed by atoms with Gasteiger partial charge in [0.05, 0.1) is 12.0 Å². The van der Waals surface area contributed by atoms with Gasteiger partial charge in [0.1, 0.15) is 0 Å². The Morgan fingerprint density at radius 1 is 1.21 bits per heavy atom. The Bertz CT molecular complexity index is 792. The highest BCUT2D eigenvalue weighted by Gasteiger charge is 2.57. The number of aliphatic hydroxyl groups is 1. The van der Waals surface area contributed by atoms with Gasteiger partial charge in [-0.3, -0.25) is 9.59 Å². The van der Waals surface area contributed by atoms with Gasteiger partial charge in [-0.1, -0.05) is 0 Å². The Hall–Kier alpha value is -1.62. The molecule has 4 atom stereocenters. The maximum atomic E-state index is 12.6. The quantitative estimate of drug-likeness (QED) is 0.588. The van der Waals surface area contributed by atoms with Gasteiger partial charge in [-0.25, -0.2) is 0 Å². The number of Topliss-reactive ketones (excluding diaryl/α,β-unsaturated/α-hetero) is 1. The predicted octanol–water partition coefficient (Wildman–Crippen LogP) is 4.13. The number of ether oxygens (including phenoxy) is 1. The van der Waals surface area contributed by atoms with E-state index in [0.717, 1.165) is 37.1 Å². The largest absolute Gasteiger partial charge is 0.457 e. The minimum absolute atomic E-state index is 0.119. The maximum absolute atomic E-state index is 12.6. The zero-order valence-corrected chi connectivity index (χ0v) is 17.6. The molecule has 5 heteroatoms. The summed E-state index contributed by atoms with van der Waals surface area (Å²) < 4.78 is 7.55. The number of carbonyl (C=O) groups excluding carboxylic acids is 2. The monoisotopic (exact) mass is 387 g/mol. The lowest BCUT2D eigenvalue weighted by atomic mass is 9.47. The van der Waals surface area contributed by atoms with Crippen molar-refractivity contribution in [2.24, 2.45) is 17.3 Å². The first-order chi connectivity index (χ1) is 13.1. The van der Waals surface area contributed by atoms with Crippen LogP contribution in [-0.2, 0) is 9.53 Å². The van der Waals surface area contributed by atoms with Crippen LogP contribution >= 0.6 is 0 Å². The van der Waals surface area contributed by atoms with Crippen LogP contribution in [0.4, 0.5) is 0 Å². The van der Waals surface area contributed by atoms with Gasteiger partial charge in [0.15, 0.2) is 6.61 Å². The Morgan fingerprint density at radius 2 is 1.86 bits per heavy atom. The molecule has 4 saturated carbocycles. The lowest BCUT2D eigenvalue weighted by Gasteiger charge is -2.60. The lowest BCUT2D eigenvalue weighted by molar-refractivity contribution is -0.176. The third-order valence-electron chi connectivity index (χ3n) is 7.34. The van der Waals surface area contributed by atoms with Gasteiger partial charge in [0.2, 0.25) is 5.78 Å². The molecule has 2 unspecified atom stereocenters. The number of nitrogens with zero attached hydrogens (tertiary/aromatic N) is 1. The molecule has 154 valence electrons. The summed E-state index contributed by atoms with van der Waals surface area (Å²) in [6.45, 7) is 7.92. The van der Waals surface area contributed by atoms with Crippen molar-refractivity contribution in [1.82, 2.24) is 4.57 Å². The van der Waals surface area contributed by atoms with E-state index in [2.05, 4.69) is 18.4 Å². The first kappa shape index (κ1) is 19.7. The molecule has 5 rings (SSSR count). The second-order valence-electron chi connectivity index (χ2n) is 10.2. The lowest BCUT2D eigenvalue weighted by Crippen LogP contribution is -2.56. The van der Waals surface area contributed by atoms with Gasteiger partial charge >= 0.3 is 5.97 Å². The number of aromatic nitrogens is 1. The highest BCUT2D eigenvalue weighted by Crippen LogP contribution is 2.62. The van der Waals surface area contributed by atoms with Crippen molar-refractivity contribution in [3.8, 4) is 0 Å². The van der Waals surface area contributed by atoms with E-state index in [4.69, 9.17) is 4.74 Å². The molecule has 1 aromatic rings. The number of aryl methyl sites for hydroxylation is 1. The van der Waals surface area contributed by atoms with Crippen LogP contribution in [0.25, 0.3) is 0 Å². The van der Waals surface area contributed by atoms with E-state index in [-0.39, 0.29) is 29.8 Å². The molecule has 1 N–H and O–H groups in total. The van der Waals surface area contributed by atoms with E-state index < -0.39 is 5.60 Å². The number of ketones is 1. The molecule has 0 aliphatic heterocycles. The van der Waals surface area contributed by atoms with Crippen molar-refractivity contribution in [3.63, 3.8) is 0 Å². The normalized spacial score (nSPS) is 33.5. The molecule has 0 aromatic carbocycles. The van der Waals surface area contributed by atoms with Crippen molar-refractivity contribution >= 4 is 11.8 Å². The van der Waals surface area contributed by atoms with Crippen LogP contribution in [0.15, 0.2) is 6.07 Å². The summed E-state index contributed by atoms with van der Waals surface area (Å²) in [6, 6.07) is 2.17. The van der Waals surface area contributed by atoms with Crippen LogP contribution < -0.4 is 0 Å². The van der Waals surface area contributed by atoms with Gasteiger partial charge in [0.25, 0.3) is 0 Å². The molecule has 1 aromatic heterocycles. The van der Waals surface area contributed by atoms with Gasteiger partial charge in [-0.2, -0.15) is 0 Å². The summed E-state index contributed by atoms with van der Waals surface area (Å²) in [4.78, 5) is 25.2. The molecule has 4 aliphatic carbocycles. The van der Waals surface area contributed by atoms with Crippen molar-refractivity contribution in [2.45, 2.75) is 84.3 Å². The third kappa shape index (κ3) is 3.42. The molecule has 0 spiro atoms. The maximum Gasteiger partial charge on any atom is 0.306 e. The Kier molecular flexibility index (Phi) is 4.72. The Morgan fingerprint density at radius 3 is 2.39 bits per heavy atom. The van der Waals surface area contributed by atoms with Crippen LogP contribution in [0.2, 0.25) is 0 Å². The first-order valence-electron chi connectivity index (χ1n) is 10.7. The molecule has 0 saturated heterocycles. The highest BCUT2D eigenvalue weighted by atomic mass is 16.5. The molecule has 5 nitrogen and oxygen atoms in total. The zero-order valence-electron chi connectivity index (χ0n) is 17.6. The summed E-state index contributed by atoms with van der Waals surface area (Å²) >= 11 is 0. The molecule has 1 heterocycles. The molecule has 0 radical (unpaired) electrons. The van der Waals surface area contributed by atoms with E-state index in [9.17, 15) is 14.7 Å². The smallest absolute Gasteiger partial charge is 0.306 e. The van der Waals surface area contributed by atoms with Crippen molar-refractivity contribution < 1.29 is 19.4 Å². The van der Waals surface area contributed by atoms with E-state index >= 15 is 0 Å². The average Bonchev–Trinajstić information content (AvgIpc) is 2.84. The van der Waals surface area contributed by atoms with Gasteiger partial charge in [0, 0.05) is 23.0 Å². The Labute approximate surface area is 167 Å². The fraction of sp³-hybridized carbons (Fsp3) is 0.739. The van der Waals surface area contributed by atoms with Crippen molar-refractivity contribution in [1.29, 1.82) is 0 Å². The van der Waals surface area contributed by atoms with E-state index in [1.165, 1.54) is 6.42 Å². The SMILES string of the molecule is Cc1cc(C(=O)COC(=O)CC23C[C@@H]4C[C@@H](CC(O)(C4)C2)C3)c(C)n1C(C)C. The minimum Gasteiger partial charge on any atom is -0.457 e. The van der Waals surface area contributed by atoms with Crippen molar-refractivity contribution in [3.05, 3.63) is 23.0 Å². The summed E-state index contributed by atoms with van der Waals surface area (Å²) in [5, 5.41) is 10.8. The number of hydrogen-bond acceptors (Lipinski definition) is 4. The predicted molar refractivity (Wildman–Crippen MR) is 106 cm³/mol. The molecule has 4 bridgehead atoms. The molecule has 28 heavy (non-hydrogen) atoms. The second kappa shape index (κ2) is 6.72. The molecule has 0 amide bonds. The van der Waals surface area contributed by atoms with Crippen LogP contribution in [0.3, 0.4) is 0 Å². The highest BCUT2D eigenvalue weighted by molar-refractivity contribution is 5.99. The van der Waals surface area contributed by atoms with Crippen LogP contribution in [0, 0.1) is 31.1 Å². The molecular weight excluding hydrogens is 354 g/mol. The van der Waals surface area contributed by atoms with E-state index in [0.29, 0.717) is 30.2 Å². The molecule has 4 aliphatic rings. The van der Waals surface area contributed by atoms with E-state index in [1.54, 1.807) is 0 Å². The van der Waals surface area contributed by atoms with Crippen molar-refractivity contribution in [2.75, 3.05) is 6.61 Å². The zero-order chi connectivity index (χ0) is 20.3. The Balaban J connectivity index is 1.38. The van der Waals surface area contributed by atoms with E-state index in [1.807, 2.05) is 19.9 Å². The fourth-order valence-corrected chi connectivity index (χ4v) is 7.04. The van der Waals surface area contributed by atoms with Crippen LogP contribution in [0.1, 0.15) is 86.6 Å². The number of esters is 1. The van der Waals surface area contributed by atoms with Crippen LogP contribution in [-0.4, -0.2) is 33.6 Å². The standard InChI is InChI=1S/C23H33NO4/c1-14(2)24-15(3)5-19(16(24)4)20(25)12-28-21(26)11-22-7-17-6-18(8-22)10-23(27,9-17)13-22/h5,14,17-18,27H,6-13H2,1-4H3/t17-,18+,22?,23?. The number of hydrogen-bond donors (Lipinski definition) is 1. The molecule has 4 fully saturated rings. The third-order valence-corrected chi connectivity index (χ3v) is 7.34. The first-order valence-corrected chi connectivity index (χ1v) is 10.7. The number of carbonyl (C=O) groups is 2. The minimum atomic E-state index is -0.575. The molecular formula is C23H33NO4. The summed E-state index contributed by atoms with van der Waals surface area (Å²) in [5.41, 5.74) is 1.92. The summed E-state index contributed by atoms with van der Waals surface area (Å²) in [7, 11) is 0. The topological polar surface area (TPSA) is 68.5 Å². The van der Waals surface area contributed by atoms with Gasteiger partial charge < -0.3 is 14.4 Å². The second-order valence-corrected chi connectivity index (χ2v) is 10.2. The van der Waals surface area contributed by atoms with Gasteiger partial charge in [-0.05, 0) is 89.5 Å². The summed E-state index contributed by atoms with van der Waals surface area (Å²) in [5.74, 6) is 0.651. The summed E-state index contributed by atoms with van der Waals surface area (Å²) in [6.07, 6.45) is 6.07. The van der Waals surface area contributed by atoms with Gasteiger partial charge in [-0.15, -0.1) is 0 Å². The number of rotatable bonds is 6. The fourth-order valence-electron chi connectivity index (χ4n) is 7.04. The van der Waals surface area contributed by atoms with Crippen LogP contribution in [0.5, 0.6) is 0 Å². The average molecular weight is 388 g/mol.